The van der Waals surface area contributed by atoms with Crippen molar-refractivity contribution in [2.45, 2.75) is 6.42 Å². The van der Waals surface area contributed by atoms with Crippen LogP contribution in [-0.2, 0) is 6.42 Å². The highest BCUT2D eigenvalue weighted by Gasteiger charge is 2.14. The Balaban J connectivity index is 1.75. The van der Waals surface area contributed by atoms with Gasteiger partial charge in [-0.1, -0.05) is 12.1 Å². The summed E-state index contributed by atoms with van der Waals surface area (Å²) in [6, 6.07) is 12.4. The van der Waals surface area contributed by atoms with Gasteiger partial charge in [0.2, 0.25) is 0 Å². The molecule has 2 heterocycles. The van der Waals surface area contributed by atoms with Gasteiger partial charge in [0.15, 0.2) is 5.82 Å². The van der Waals surface area contributed by atoms with Gasteiger partial charge in [-0.15, -0.1) is 5.10 Å². The fourth-order valence-electron chi connectivity index (χ4n) is 2.73. The number of hydrogen-bond donors (Lipinski definition) is 0. The zero-order chi connectivity index (χ0) is 18.1. The molecule has 7 heteroatoms. The number of halogens is 2. The van der Waals surface area contributed by atoms with Crippen LogP contribution >= 0.6 is 0 Å². The number of rotatable bonds is 4. The minimum atomic E-state index is -0.424. The minimum absolute atomic E-state index is 0.296. The monoisotopic (exact) mass is 352 g/mol. The summed E-state index contributed by atoms with van der Waals surface area (Å²) < 4.78 is 34.0. The second-order valence-electron chi connectivity index (χ2n) is 5.72. The highest BCUT2D eigenvalue weighted by Crippen LogP contribution is 2.26. The van der Waals surface area contributed by atoms with Gasteiger partial charge in [0, 0.05) is 24.2 Å². The summed E-state index contributed by atoms with van der Waals surface area (Å²) in [4.78, 5) is 8.57. The summed E-state index contributed by atoms with van der Waals surface area (Å²) in [6.07, 6.45) is 1.98. The Morgan fingerprint density at radius 2 is 1.85 bits per heavy atom. The van der Waals surface area contributed by atoms with Crippen molar-refractivity contribution in [2.24, 2.45) is 0 Å². The first-order valence-corrected chi connectivity index (χ1v) is 7.93. The molecule has 0 N–H and O–H groups in total. The Kier molecular flexibility index (Phi) is 4.04. The van der Waals surface area contributed by atoms with E-state index in [-0.39, 0.29) is 5.82 Å². The lowest BCUT2D eigenvalue weighted by atomic mass is 10.1. The van der Waals surface area contributed by atoms with Gasteiger partial charge in [-0.25, -0.2) is 13.8 Å². The third-order valence-corrected chi connectivity index (χ3v) is 4.01. The maximum absolute atomic E-state index is 14.4. The molecule has 4 rings (SSSR count). The van der Waals surface area contributed by atoms with Crippen molar-refractivity contribution >= 4 is 5.78 Å². The minimum Gasteiger partial charge on any atom is -0.497 e. The van der Waals surface area contributed by atoms with Crippen molar-refractivity contribution in [1.82, 2.24) is 19.6 Å². The normalized spacial score (nSPS) is 11.0. The number of aromatic nitrogens is 4. The van der Waals surface area contributed by atoms with E-state index in [4.69, 9.17) is 4.74 Å². The van der Waals surface area contributed by atoms with E-state index in [1.54, 1.807) is 36.5 Å². The number of hydrogen-bond acceptors (Lipinski definition) is 4. The third-order valence-electron chi connectivity index (χ3n) is 4.01. The first-order valence-electron chi connectivity index (χ1n) is 7.93. The smallest absolute Gasteiger partial charge is 0.252 e. The molecule has 0 aliphatic heterocycles. The molecule has 0 saturated heterocycles. The van der Waals surface area contributed by atoms with Crippen molar-refractivity contribution in [1.29, 1.82) is 0 Å². The molecule has 0 atom stereocenters. The first kappa shape index (κ1) is 16.1. The van der Waals surface area contributed by atoms with E-state index < -0.39 is 5.82 Å². The van der Waals surface area contributed by atoms with Gasteiger partial charge >= 0.3 is 0 Å². The molecule has 0 bridgehead atoms. The van der Waals surface area contributed by atoms with E-state index in [1.807, 2.05) is 0 Å². The van der Waals surface area contributed by atoms with Crippen LogP contribution < -0.4 is 4.74 Å². The van der Waals surface area contributed by atoms with Crippen LogP contribution in [0.3, 0.4) is 0 Å². The van der Waals surface area contributed by atoms with Crippen molar-refractivity contribution < 1.29 is 13.5 Å². The predicted octanol–water partition coefficient (Wildman–Crippen LogP) is 3.67. The van der Waals surface area contributed by atoms with Crippen LogP contribution in [0.4, 0.5) is 8.78 Å². The van der Waals surface area contributed by atoms with Crippen LogP contribution in [0.5, 0.6) is 5.75 Å². The first-order chi connectivity index (χ1) is 12.6. The number of benzene rings is 2. The van der Waals surface area contributed by atoms with E-state index in [2.05, 4.69) is 15.1 Å². The Hall–Kier alpha value is -3.35. The lowest BCUT2D eigenvalue weighted by Crippen LogP contribution is -1.98. The van der Waals surface area contributed by atoms with E-state index in [0.717, 1.165) is 5.56 Å². The fraction of sp³-hybridized carbons (Fsp3) is 0.105. The summed E-state index contributed by atoms with van der Waals surface area (Å²) >= 11 is 0. The van der Waals surface area contributed by atoms with Crippen molar-refractivity contribution in [2.75, 3.05) is 7.11 Å². The van der Waals surface area contributed by atoms with E-state index >= 15 is 0 Å². The SMILES string of the molecule is COc1ccc(-c2ccnc3nc(Cc4ccc(F)cc4)nn23)c(F)c1. The van der Waals surface area contributed by atoms with Crippen LogP contribution in [0.2, 0.25) is 0 Å². The Morgan fingerprint density at radius 1 is 1.04 bits per heavy atom. The number of fused-ring (bicyclic) bond motifs is 1. The molecular weight excluding hydrogens is 338 g/mol. The van der Waals surface area contributed by atoms with Crippen molar-refractivity contribution in [3.8, 4) is 17.0 Å². The zero-order valence-electron chi connectivity index (χ0n) is 13.9. The van der Waals surface area contributed by atoms with Crippen molar-refractivity contribution in [3.63, 3.8) is 0 Å². The fourth-order valence-corrected chi connectivity index (χ4v) is 2.73. The van der Waals surface area contributed by atoms with Crippen LogP contribution in [0.25, 0.3) is 17.0 Å². The summed E-state index contributed by atoms with van der Waals surface area (Å²) in [5.74, 6) is 0.607. The second-order valence-corrected chi connectivity index (χ2v) is 5.72. The zero-order valence-corrected chi connectivity index (χ0v) is 13.9. The van der Waals surface area contributed by atoms with Gasteiger partial charge in [0.1, 0.15) is 17.4 Å². The third kappa shape index (κ3) is 2.99. The topological polar surface area (TPSA) is 52.3 Å². The molecule has 130 valence electrons. The standard InChI is InChI=1S/C19H14F2N4O/c1-26-14-6-7-15(16(21)11-14)17-8-9-22-19-23-18(24-25(17)19)10-12-2-4-13(20)5-3-12/h2-9,11H,10H2,1H3. The maximum Gasteiger partial charge on any atom is 0.252 e. The molecule has 0 unspecified atom stereocenters. The summed E-state index contributed by atoms with van der Waals surface area (Å²) in [7, 11) is 1.48. The molecule has 0 spiro atoms. The molecule has 0 aliphatic carbocycles. The molecule has 2 aromatic carbocycles. The molecule has 2 aromatic heterocycles. The van der Waals surface area contributed by atoms with E-state index in [0.29, 0.717) is 35.0 Å². The van der Waals surface area contributed by atoms with Gasteiger partial charge < -0.3 is 4.74 Å². The Bertz CT molecular complexity index is 1080. The summed E-state index contributed by atoms with van der Waals surface area (Å²) in [6.45, 7) is 0. The van der Waals surface area contributed by atoms with Crippen LogP contribution in [0, 0.1) is 11.6 Å². The molecule has 0 fully saturated rings. The molecule has 4 aromatic rings. The maximum atomic E-state index is 14.4. The van der Waals surface area contributed by atoms with Crippen molar-refractivity contribution in [3.05, 3.63) is 77.8 Å². The average molecular weight is 352 g/mol. The second kappa shape index (κ2) is 6.51. The molecule has 0 radical (unpaired) electrons. The quantitative estimate of drug-likeness (QED) is 0.562. The number of ether oxygens (including phenoxy) is 1. The highest BCUT2D eigenvalue weighted by atomic mass is 19.1. The molecule has 0 saturated carbocycles. The molecular formula is C19H14F2N4O. The summed E-state index contributed by atoms with van der Waals surface area (Å²) in [5.41, 5.74) is 1.78. The molecule has 5 nitrogen and oxygen atoms in total. The number of nitrogens with zero attached hydrogens (tertiary/aromatic N) is 4. The average Bonchev–Trinajstić information content (AvgIpc) is 3.06. The van der Waals surface area contributed by atoms with Gasteiger partial charge in [-0.05, 0) is 35.9 Å². The number of methoxy groups -OCH3 is 1. The largest absolute Gasteiger partial charge is 0.497 e. The van der Waals surface area contributed by atoms with Gasteiger partial charge in [-0.2, -0.15) is 9.50 Å². The van der Waals surface area contributed by atoms with E-state index in [1.165, 1.54) is 29.8 Å². The molecule has 0 aliphatic rings. The van der Waals surface area contributed by atoms with Crippen LogP contribution in [0.1, 0.15) is 11.4 Å². The van der Waals surface area contributed by atoms with Crippen LogP contribution in [-0.4, -0.2) is 26.7 Å². The predicted molar refractivity (Wildman–Crippen MR) is 91.9 cm³/mol. The molecule has 26 heavy (non-hydrogen) atoms. The van der Waals surface area contributed by atoms with E-state index in [9.17, 15) is 8.78 Å². The Labute approximate surface area is 147 Å². The lowest BCUT2D eigenvalue weighted by molar-refractivity contribution is 0.411. The Morgan fingerprint density at radius 3 is 2.58 bits per heavy atom. The highest BCUT2D eigenvalue weighted by molar-refractivity contribution is 5.63. The van der Waals surface area contributed by atoms with Gasteiger partial charge in [-0.3, -0.25) is 0 Å². The molecule has 0 amide bonds. The van der Waals surface area contributed by atoms with Gasteiger partial charge in [0.05, 0.1) is 12.8 Å². The van der Waals surface area contributed by atoms with Gasteiger partial charge in [0.25, 0.3) is 5.78 Å². The van der Waals surface area contributed by atoms with Crippen LogP contribution in [0.15, 0.2) is 54.7 Å². The lowest BCUT2D eigenvalue weighted by Gasteiger charge is -2.06. The summed E-state index contributed by atoms with van der Waals surface area (Å²) in [5, 5.41) is 4.44.